The summed E-state index contributed by atoms with van der Waals surface area (Å²) in [5.41, 5.74) is 6.75. The van der Waals surface area contributed by atoms with E-state index in [9.17, 15) is 9.59 Å². The van der Waals surface area contributed by atoms with E-state index in [1.54, 1.807) is 0 Å². The monoisotopic (exact) mass is 457 g/mol. The molecule has 6 nitrogen and oxygen atoms in total. The number of nitrogens with zero attached hydrogens (tertiary/aromatic N) is 1. The summed E-state index contributed by atoms with van der Waals surface area (Å²) in [7, 11) is 0. The Morgan fingerprint density at radius 2 is 1.74 bits per heavy atom. The molecule has 0 bridgehead atoms. The normalized spacial score (nSPS) is 17.3. The van der Waals surface area contributed by atoms with Gasteiger partial charge in [0, 0.05) is 6.54 Å². The number of amides is 2. The van der Waals surface area contributed by atoms with Crippen molar-refractivity contribution in [3.8, 4) is 5.75 Å². The average molecular weight is 458 g/mol. The van der Waals surface area contributed by atoms with Crippen molar-refractivity contribution in [1.82, 2.24) is 10.2 Å². The zero-order valence-electron chi connectivity index (χ0n) is 19.3. The molecule has 3 N–H and O–H groups in total. The number of imide groups is 1. The molecule has 1 heterocycles. The number of nitrogens with one attached hydrogen (secondary N) is 1. The lowest BCUT2D eigenvalue weighted by Crippen LogP contribution is -2.64. The van der Waals surface area contributed by atoms with E-state index >= 15 is 0 Å². The first-order valence-corrected chi connectivity index (χ1v) is 11.7. The molecular weight excluding hydrogens is 426 g/mol. The number of hydrogen-bond acceptors (Lipinski definition) is 5. The highest BCUT2D eigenvalue weighted by Crippen LogP contribution is 2.34. The smallest absolute Gasteiger partial charge is 0.267 e. The summed E-state index contributed by atoms with van der Waals surface area (Å²) in [6, 6.07) is 23.7. The van der Waals surface area contributed by atoms with Gasteiger partial charge in [-0.05, 0) is 54.2 Å². The molecule has 176 valence electrons. The van der Waals surface area contributed by atoms with Crippen molar-refractivity contribution in [1.29, 1.82) is 0 Å². The van der Waals surface area contributed by atoms with E-state index in [0.717, 1.165) is 30.0 Å². The van der Waals surface area contributed by atoms with Gasteiger partial charge >= 0.3 is 0 Å². The van der Waals surface area contributed by atoms with Crippen molar-refractivity contribution >= 4 is 22.6 Å². The van der Waals surface area contributed by atoms with Crippen LogP contribution in [0.3, 0.4) is 0 Å². The van der Waals surface area contributed by atoms with Gasteiger partial charge in [-0.25, -0.2) is 0 Å². The van der Waals surface area contributed by atoms with Gasteiger partial charge in [0.25, 0.3) is 5.91 Å². The Labute approximate surface area is 200 Å². The van der Waals surface area contributed by atoms with Gasteiger partial charge in [0.2, 0.25) is 5.91 Å². The van der Waals surface area contributed by atoms with Gasteiger partial charge in [-0.3, -0.25) is 14.5 Å². The number of rotatable bonds is 11. The zero-order chi connectivity index (χ0) is 23.9. The molecule has 1 aliphatic rings. The van der Waals surface area contributed by atoms with Crippen LogP contribution in [0, 0.1) is 5.92 Å². The maximum atomic E-state index is 13.0. The Bertz CT molecular complexity index is 1160. The molecule has 1 aliphatic heterocycles. The highest BCUT2D eigenvalue weighted by Gasteiger charge is 2.49. The fraction of sp³-hybridized carbons (Fsp3) is 0.286. The van der Waals surface area contributed by atoms with Gasteiger partial charge in [0.15, 0.2) is 6.61 Å². The number of hydrogen-bond donors (Lipinski definition) is 2. The molecule has 0 radical (unpaired) electrons. The zero-order valence-corrected chi connectivity index (χ0v) is 19.3. The molecule has 4 rings (SSSR count). The van der Waals surface area contributed by atoms with Crippen LogP contribution in [-0.2, 0) is 16.0 Å². The molecule has 0 aromatic heterocycles. The second-order valence-corrected chi connectivity index (χ2v) is 8.69. The van der Waals surface area contributed by atoms with E-state index in [-0.39, 0.29) is 30.4 Å². The standard InChI is InChI=1S/C28H31N3O3/c1-20(29)30-17-7-12-25-26(16-13-21-8-3-2-4-9-21)31(28(25)33)27(32)19-34-24-15-14-22-10-5-6-11-23(22)18-24/h2-6,8-11,14-15,18,25-26,30H,1,7,12-13,16-17,19,29H2. The van der Waals surface area contributed by atoms with Gasteiger partial charge in [-0.15, -0.1) is 0 Å². The molecule has 2 atom stereocenters. The SMILES string of the molecule is C=C(N)NCCCC1C(=O)N(C(=O)COc2ccc3ccccc3c2)C1CCc1ccccc1. The molecular formula is C28H31N3O3. The number of carbonyl (C=O) groups excluding carboxylic acids is 2. The Hall–Kier alpha value is -3.80. The van der Waals surface area contributed by atoms with Crippen LogP contribution in [0.15, 0.2) is 85.2 Å². The van der Waals surface area contributed by atoms with E-state index in [2.05, 4.69) is 24.0 Å². The number of nitrogens with two attached hydrogens (primary N) is 1. The van der Waals surface area contributed by atoms with Crippen LogP contribution < -0.4 is 15.8 Å². The van der Waals surface area contributed by atoms with Crippen molar-refractivity contribution in [3.05, 3.63) is 90.8 Å². The average Bonchev–Trinajstić information content (AvgIpc) is 2.85. The van der Waals surface area contributed by atoms with Crippen LogP contribution in [0.5, 0.6) is 5.75 Å². The van der Waals surface area contributed by atoms with E-state index in [0.29, 0.717) is 24.5 Å². The van der Waals surface area contributed by atoms with Gasteiger partial charge in [-0.1, -0.05) is 67.2 Å². The largest absolute Gasteiger partial charge is 0.484 e. The van der Waals surface area contributed by atoms with Crippen molar-refractivity contribution < 1.29 is 14.3 Å². The lowest BCUT2D eigenvalue weighted by Gasteiger charge is -2.46. The molecule has 2 amide bonds. The third kappa shape index (κ3) is 5.57. The first kappa shape index (κ1) is 23.4. The van der Waals surface area contributed by atoms with Crippen LogP contribution in [0.25, 0.3) is 10.8 Å². The maximum absolute atomic E-state index is 13.0. The highest BCUT2D eigenvalue weighted by atomic mass is 16.5. The summed E-state index contributed by atoms with van der Waals surface area (Å²) in [5.74, 6) is 0.465. The number of fused-ring (bicyclic) bond motifs is 1. The Balaban J connectivity index is 1.38. The summed E-state index contributed by atoms with van der Waals surface area (Å²) in [6.07, 6.45) is 3.03. The number of β-lactam (4-membered cyclic amide) rings is 1. The topological polar surface area (TPSA) is 84.7 Å². The Morgan fingerprint density at radius 3 is 2.50 bits per heavy atom. The minimum Gasteiger partial charge on any atom is -0.484 e. The predicted octanol–water partition coefficient (Wildman–Crippen LogP) is 4.00. The molecule has 6 heteroatoms. The lowest BCUT2D eigenvalue weighted by atomic mass is 9.80. The summed E-state index contributed by atoms with van der Waals surface area (Å²) in [5, 5.41) is 5.14. The van der Waals surface area contributed by atoms with Crippen molar-refractivity contribution in [2.75, 3.05) is 13.2 Å². The second kappa shape index (κ2) is 10.9. The summed E-state index contributed by atoms with van der Waals surface area (Å²) < 4.78 is 5.78. The third-order valence-electron chi connectivity index (χ3n) is 6.32. The molecule has 3 aromatic carbocycles. The minimum atomic E-state index is -0.291. The number of likely N-dealkylation sites (tertiary alicyclic amines) is 1. The maximum Gasteiger partial charge on any atom is 0.267 e. The lowest BCUT2D eigenvalue weighted by molar-refractivity contribution is -0.168. The van der Waals surface area contributed by atoms with Crippen LogP contribution in [-0.4, -0.2) is 35.9 Å². The van der Waals surface area contributed by atoms with E-state index < -0.39 is 0 Å². The molecule has 0 saturated carbocycles. The molecule has 0 spiro atoms. The molecule has 34 heavy (non-hydrogen) atoms. The van der Waals surface area contributed by atoms with Gasteiger partial charge in [0.1, 0.15) is 5.75 Å². The minimum absolute atomic E-state index is 0.114. The van der Waals surface area contributed by atoms with Crippen molar-refractivity contribution in [3.63, 3.8) is 0 Å². The van der Waals surface area contributed by atoms with E-state index in [1.165, 1.54) is 10.5 Å². The van der Waals surface area contributed by atoms with E-state index in [4.69, 9.17) is 10.5 Å². The number of benzene rings is 3. The number of aryl methyl sites for hydroxylation is 1. The van der Waals surface area contributed by atoms with E-state index in [1.807, 2.05) is 60.7 Å². The predicted molar refractivity (Wildman–Crippen MR) is 134 cm³/mol. The summed E-state index contributed by atoms with van der Waals surface area (Å²) in [6.45, 7) is 4.13. The number of carbonyl (C=O) groups is 2. The Kier molecular flexibility index (Phi) is 7.48. The fourth-order valence-electron chi connectivity index (χ4n) is 4.56. The second-order valence-electron chi connectivity index (χ2n) is 8.69. The molecule has 1 saturated heterocycles. The van der Waals surface area contributed by atoms with Crippen molar-refractivity contribution in [2.45, 2.75) is 31.7 Å². The van der Waals surface area contributed by atoms with Gasteiger partial charge < -0.3 is 15.8 Å². The quantitative estimate of drug-likeness (QED) is 0.336. The van der Waals surface area contributed by atoms with Gasteiger partial charge in [0.05, 0.1) is 17.8 Å². The van der Waals surface area contributed by atoms with Crippen LogP contribution in [0.1, 0.15) is 24.8 Å². The number of ether oxygens (including phenoxy) is 1. The first-order chi connectivity index (χ1) is 16.5. The third-order valence-corrected chi connectivity index (χ3v) is 6.32. The fourth-order valence-corrected chi connectivity index (χ4v) is 4.56. The highest BCUT2D eigenvalue weighted by molar-refractivity contribution is 6.02. The first-order valence-electron chi connectivity index (χ1n) is 11.7. The molecule has 1 fully saturated rings. The van der Waals surface area contributed by atoms with Crippen LogP contribution >= 0.6 is 0 Å². The van der Waals surface area contributed by atoms with Crippen LogP contribution in [0.2, 0.25) is 0 Å². The Morgan fingerprint density at radius 1 is 1.00 bits per heavy atom. The van der Waals surface area contributed by atoms with Crippen LogP contribution in [0.4, 0.5) is 0 Å². The van der Waals surface area contributed by atoms with Crippen molar-refractivity contribution in [2.24, 2.45) is 11.7 Å². The summed E-state index contributed by atoms with van der Waals surface area (Å²) >= 11 is 0. The summed E-state index contributed by atoms with van der Waals surface area (Å²) in [4.78, 5) is 27.3. The van der Waals surface area contributed by atoms with Gasteiger partial charge in [-0.2, -0.15) is 0 Å². The molecule has 0 aliphatic carbocycles. The molecule has 2 unspecified atom stereocenters. The molecule has 3 aromatic rings.